The maximum absolute atomic E-state index is 4.64. The van der Waals surface area contributed by atoms with Crippen molar-refractivity contribution < 1.29 is 0 Å². The summed E-state index contributed by atoms with van der Waals surface area (Å²) in [5.41, 5.74) is 4.91. The van der Waals surface area contributed by atoms with Crippen LogP contribution in [0.5, 0.6) is 0 Å². The zero-order valence-electron chi connectivity index (χ0n) is 18.9. The average Bonchev–Trinajstić information content (AvgIpc) is 3.47. The zero-order chi connectivity index (χ0) is 23.3. The van der Waals surface area contributed by atoms with E-state index in [0.717, 1.165) is 38.9 Å². The van der Waals surface area contributed by atoms with E-state index in [1.165, 1.54) is 6.33 Å². The highest BCUT2D eigenvalue weighted by Crippen LogP contribution is 2.21. The van der Waals surface area contributed by atoms with E-state index in [-0.39, 0.29) is 0 Å². The van der Waals surface area contributed by atoms with Gasteiger partial charge in [0, 0.05) is 24.5 Å². The maximum Gasteiger partial charge on any atom is 0.186 e. The van der Waals surface area contributed by atoms with E-state index in [1.54, 1.807) is 5.01 Å². The summed E-state index contributed by atoms with van der Waals surface area (Å²) in [6.07, 6.45) is 7.35. The van der Waals surface area contributed by atoms with Crippen LogP contribution in [0.25, 0.3) is 21.9 Å². The average molecular weight is 452 g/mol. The van der Waals surface area contributed by atoms with E-state index < -0.39 is 0 Å². The largest absolute Gasteiger partial charge is 0.364 e. The number of rotatable bonds is 9. The van der Waals surface area contributed by atoms with Crippen LogP contribution >= 0.6 is 0 Å². The molecule has 34 heavy (non-hydrogen) atoms. The van der Waals surface area contributed by atoms with Crippen LogP contribution in [0.2, 0.25) is 0 Å². The minimum atomic E-state index is 0.548. The highest BCUT2D eigenvalue weighted by Gasteiger charge is 2.11. The topological polar surface area (TPSA) is 99.9 Å². The van der Waals surface area contributed by atoms with Crippen LogP contribution in [0, 0.1) is 0 Å². The van der Waals surface area contributed by atoms with Gasteiger partial charge in [0.15, 0.2) is 5.65 Å². The molecule has 0 saturated heterocycles. The molecule has 2 aromatic carbocycles. The van der Waals surface area contributed by atoms with E-state index in [4.69, 9.17) is 0 Å². The first-order valence-corrected chi connectivity index (χ1v) is 11.0. The first-order chi connectivity index (χ1) is 16.7. The lowest BCUT2D eigenvalue weighted by atomic mass is 10.1. The van der Waals surface area contributed by atoms with Crippen molar-refractivity contribution in [3.8, 4) is 0 Å². The molecule has 0 spiro atoms. The molecule has 2 N–H and O–H groups in total. The third-order valence-corrected chi connectivity index (χ3v) is 5.55. The second kappa shape index (κ2) is 9.53. The molecule has 0 radical (unpaired) electrons. The molecule has 0 aliphatic rings. The van der Waals surface area contributed by atoms with E-state index in [2.05, 4.69) is 72.7 Å². The van der Waals surface area contributed by atoms with Crippen LogP contribution in [-0.2, 0) is 19.6 Å². The fraction of sp³-hybridized carbons (Fsp3) is 0.160. The van der Waals surface area contributed by atoms with Gasteiger partial charge in [0.25, 0.3) is 0 Å². The molecule has 5 aromatic rings. The number of hydrazone groups is 1. The number of fused-ring (bicyclic) bond motifs is 2. The van der Waals surface area contributed by atoms with Gasteiger partial charge < -0.3 is 5.32 Å². The minimum absolute atomic E-state index is 0.548. The quantitative estimate of drug-likeness (QED) is 0.256. The lowest BCUT2D eigenvalue weighted by Crippen LogP contribution is -2.08. The Bertz CT molecular complexity index is 1450. The molecule has 3 aromatic heterocycles. The lowest BCUT2D eigenvalue weighted by molar-refractivity contribution is 0.395. The predicted octanol–water partition coefficient (Wildman–Crippen LogP) is 4.31. The summed E-state index contributed by atoms with van der Waals surface area (Å²) < 4.78 is 1.89. The SMILES string of the molecule is C=NN(/C=C\C)Cc1ccc(Cn2cc3c(NCc4n[nH]c5ccccc45)ncnc3n2)cc1. The van der Waals surface area contributed by atoms with Crippen molar-refractivity contribution in [2.75, 3.05) is 5.32 Å². The number of benzene rings is 2. The van der Waals surface area contributed by atoms with E-state index in [1.807, 2.05) is 48.3 Å². The van der Waals surface area contributed by atoms with Crippen LogP contribution in [0.4, 0.5) is 5.82 Å². The van der Waals surface area contributed by atoms with Crippen LogP contribution in [0.1, 0.15) is 23.7 Å². The van der Waals surface area contributed by atoms with Crippen molar-refractivity contribution >= 4 is 34.5 Å². The van der Waals surface area contributed by atoms with Gasteiger partial charge in [-0.15, -0.1) is 0 Å². The molecule has 0 fully saturated rings. The molecular weight excluding hydrogens is 426 g/mol. The van der Waals surface area contributed by atoms with Crippen LogP contribution in [-0.4, -0.2) is 41.7 Å². The molecule has 0 aliphatic heterocycles. The Labute approximate surface area is 196 Å². The summed E-state index contributed by atoms with van der Waals surface area (Å²) in [6, 6.07) is 16.5. The van der Waals surface area contributed by atoms with Crippen molar-refractivity contribution in [1.29, 1.82) is 0 Å². The van der Waals surface area contributed by atoms with Crippen LogP contribution in [0.3, 0.4) is 0 Å². The summed E-state index contributed by atoms with van der Waals surface area (Å²) in [5.74, 6) is 0.736. The number of allylic oxidation sites excluding steroid dienone is 1. The van der Waals surface area contributed by atoms with Gasteiger partial charge in [-0.25, -0.2) is 9.97 Å². The highest BCUT2D eigenvalue weighted by atomic mass is 15.4. The van der Waals surface area contributed by atoms with Crippen LogP contribution < -0.4 is 5.32 Å². The fourth-order valence-corrected chi connectivity index (χ4v) is 3.87. The number of para-hydroxylation sites is 1. The number of aromatic nitrogens is 6. The lowest BCUT2D eigenvalue weighted by Gasteiger charge is -2.13. The number of nitrogens with zero attached hydrogens (tertiary/aromatic N) is 7. The van der Waals surface area contributed by atoms with E-state index in [9.17, 15) is 0 Å². The van der Waals surface area contributed by atoms with Crippen molar-refractivity contribution in [2.24, 2.45) is 5.10 Å². The Morgan fingerprint density at radius 1 is 1.09 bits per heavy atom. The Morgan fingerprint density at radius 3 is 2.74 bits per heavy atom. The molecule has 9 heteroatoms. The number of H-pyrrole nitrogens is 1. The third-order valence-electron chi connectivity index (χ3n) is 5.55. The van der Waals surface area contributed by atoms with Crippen molar-refractivity contribution in [3.63, 3.8) is 0 Å². The summed E-state index contributed by atoms with van der Waals surface area (Å²) in [5, 5.41) is 23.3. The number of hydrogen-bond acceptors (Lipinski definition) is 7. The van der Waals surface area contributed by atoms with Gasteiger partial charge in [0.1, 0.15) is 12.1 Å². The Kier molecular flexibility index (Phi) is 5.98. The number of aromatic amines is 1. The number of hydrogen-bond donors (Lipinski definition) is 2. The smallest absolute Gasteiger partial charge is 0.186 e. The molecule has 170 valence electrons. The zero-order valence-corrected chi connectivity index (χ0v) is 18.9. The van der Waals surface area contributed by atoms with Crippen molar-refractivity contribution in [2.45, 2.75) is 26.6 Å². The Balaban J connectivity index is 1.30. The van der Waals surface area contributed by atoms with E-state index in [0.29, 0.717) is 25.3 Å². The van der Waals surface area contributed by atoms with E-state index >= 15 is 0 Å². The summed E-state index contributed by atoms with van der Waals surface area (Å²) in [4.78, 5) is 8.77. The molecule has 0 aliphatic carbocycles. The number of anilines is 1. The van der Waals surface area contributed by atoms with Gasteiger partial charge in [-0.3, -0.25) is 14.8 Å². The second-order valence-electron chi connectivity index (χ2n) is 7.89. The minimum Gasteiger partial charge on any atom is -0.364 e. The highest BCUT2D eigenvalue weighted by molar-refractivity contribution is 5.86. The summed E-state index contributed by atoms with van der Waals surface area (Å²) >= 11 is 0. The summed E-state index contributed by atoms with van der Waals surface area (Å²) in [6.45, 7) is 7.43. The molecule has 5 rings (SSSR count). The van der Waals surface area contributed by atoms with Gasteiger partial charge in [-0.1, -0.05) is 48.5 Å². The second-order valence-corrected chi connectivity index (χ2v) is 7.89. The Morgan fingerprint density at radius 2 is 1.91 bits per heavy atom. The van der Waals surface area contributed by atoms with Gasteiger partial charge in [0.05, 0.1) is 36.2 Å². The summed E-state index contributed by atoms with van der Waals surface area (Å²) in [7, 11) is 0. The Hall–Kier alpha value is -4.53. The monoisotopic (exact) mass is 451 g/mol. The van der Waals surface area contributed by atoms with Gasteiger partial charge in [-0.05, 0) is 24.1 Å². The molecule has 0 saturated carbocycles. The first kappa shape index (κ1) is 21.3. The van der Waals surface area contributed by atoms with Gasteiger partial charge in [0.2, 0.25) is 0 Å². The van der Waals surface area contributed by atoms with Gasteiger partial charge >= 0.3 is 0 Å². The molecule has 9 nitrogen and oxygen atoms in total. The standard InChI is InChI=1S/C25H25N9/c1-3-12-33(26-2)14-18-8-10-19(11-9-18)15-34-16-21-24(28-17-29-25(21)32-34)27-13-23-20-6-4-5-7-22(20)30-31-23/h3-12,16-17H,2,13-15H2,1H3,(H,30,31)(H,27,28,29,32)/b12-3-. The molecule has 0 unspecified atom stereocenters. The molecule has 0 bridgehead atoms. The van der Waals surface area contributed by atoms with Gasteiger partial charge in [-0.2, -0.15) is 15.3 Å². The maximum atomic E-state index is 4.64. The first-order valence-electron chi connectivity index (χ1n) is 11.0. The molecular formula is C25H25N9. The van der Waals surface area contributed by atoms with Crippen molar-refractivity contribution in [1.82, 2.24) is 35.0 Å². The molecule has 0 atom stereocenters. The van der Waals surface area contributed by atoms with Crippen LogP contribution in [0.15, 0.2) is 78.4 Å². The third kappa shape index (κ3) is 4.49. The predicted molar refractivity (Wildman–Crippen MR) is 134 cm³/mol. The molecule has 3 heterocycles. The van der Waals surface area contributed by atoms with Crippen molar-refractivity contribution in [3.05, 3.63) is 90.2 Å². The molecule has 0 amide bonds. The normalized spacial score (nSPS) is 11.4. The number of nitrogens with one attached hydrogen (secondary N) is 2. The fourth-order valence-electron chi connectivity index (χ4n) is 3.87.